The average Bonchev–Trinajstić information content (AvgIpc) is 2.89. The van der Waals surface area contributed by atoms with Crippen LogP contribution in [0.25, 0.3) is 11.0 Å². The molecule has 2 heterocycles. The number of carbonyl (C=O) groups is 1. The number of furan rings is 1. The fourth-order valence-corrected chi connectivity index (χ4v) is 2.07. The maximum atomic E-state index is 12.2. The van der Waals surface area contributed by atoms with Gasteiger partial charge in [0, 0.05) is 18.6 Å². The standard InChI is InChI=1S/C16H14N2O2/c1-18(15-8-4-5-9-17-15)16(19)11-13-10-12-6-2-3-7-14(12)20-13/h2-10H,11H2,1H3. The second kappa shape index (κ2) is 5.17. The second-order valence-corrected chi connectivity index (χ2v) is 4.57. The van der Waals surface area contributed by atoms with Gasteiger partial charge in [0.15, 0.2) is 0 Å². The van der Waals surface area contributed by atoms with Gasteiger partial charge in [-0.2, -0.15) is 0 Å². The van der Waals surface area contributed by atoms with Crippen LogP contribution >= 0.6 is 0 Å². The van der Waals surface area contributed by atoms with Crippen LogP contribution in [-0.2, 0) is 11.2 Å². The van der Waals surface area contributed by atoms with E-state index in [2.05, 4.69) is 4.98 Å². The van der Waals surface area contributed by atoms with Crippen molar-refractivity contribution in [1.82, 2.24) is 4.98 Å². The number of hydrogen-bond acceptors (Lipinski definition) is 3. The molecule has 3 rings (SSSR count). The summed E-state index contributed by atoms with van der Waals surface area (Å²) >= 11 is 0. The average molecular weight is 266 g/mol. The van der Waals surface area contributed by atoms with E-state index in [4.69, 9.17) is 4.42 Å². The van der Waals surface area contributed by atoms with E-state index in [1.54, 1.807) is 19.3 Å². The monoisotopic (exact) mass is 266 g/mol. The van der Waals surface area contributed by atoms with Gasteiger partial charge >= 0.3 is 0 Å². The number of likely N-dealkylation sites (N-methyl/N-ethyl adjacent to an activating group) is 1. The van der Waals surface area contributed by atoms with Crippen LogP contribution in [0, 0.1) is 0 Å². The van der Waals surface area contributed by atoms with E-state index in [0.717, 1.165) is 11.0 Å². The zero-order valence-corrected chi connectivity index (χ0v) is 11.1. The summed E-state index contributed by atoms with van der Waals surface area (Å²) in [5, 5.41) is 1.01. The molecule has 3 aromatic rings. The number of fused-ring (bicyclic) bond motifs is 1. The summed E-state index contributed by atoms with van der Waals surface area (Å²) in [6.45, 7) is 0. The Hall–Kier alpha value is -2.62. The molecule has 0 aliphatic carbocycles. The number of rotatable bonds is 3. The third-order valence-electron chi connectivity index (χ3n) is 3.17. The first-order chi connectivity index (χ1) is 9.74. The normalized spacial score (nSPS) is 10.7. The zero-order chi connectivity index (χ0) is 13.9. The molecule has 0 spiro atoms. The maximum absolute atomic E-state index is 12.2. The summed E-state index contributed by atoms with van der Waals surface area (Å²) < 4.78 is 5.66. The third-order valence-corrected chi connectivity index (χ3v) is 3.17. The lowest BCUT2D eigenvalue weighted by molar-refractivity contribution is -0.117. The number of amides is 1. The Balaban J connectivity index is 1.78. The Kier molecular flexibility index (Phi) is 3.21. The van der Waals surface area contributed by atoms with E-state index < -0.39 is 0 Å². The number of aromatic nitrogens is 1. The summed E-state index contributed by atoms with van der Waals surface area (Å²) in [4.78, 5) is 17.9. The highest BCUT2D eigenvalue weighted by Crippen LogP contribution is 2.20. The first-order valence-corrected chi connectivity index (χ1v) is 6.39. The van der Waals surface area contributed by atoms with Crippen LogP contribution in [0.15, 0.2) is 59.1 Å². The smallest absolute Gasteiger partial charge is 0.235 e. The van der Waals surface area contributed by atoms with E-state index in [1.807, 2.05) is 42.5 Å². The van der Waals surface area contributed by atoms with E-state index in [1.165, 1.54) is 4.90 Å². The Morgan fingerprint density at radius 1 is 1.20 bits per heavy atom. The summed E-state index contributed by atoms with van der Waals surface area (Å²) in [7, 11) is 1.72. The number of para-hydroxylation sites is 1. The molecule has 20 heavy (non-hydrogen) atoms. The predicted octanol–water partition coefficient (Wildman–Crippen LogP) is 3.03. The Bertz CT molecular complexity index is 701. The van der Waals surface area contributed by atoms with Crippen molar-refractivity contribution in [1.29, 1.82) is 0 Å². The lowest BCUT2D eigenvalue weighted by atomic mass is 10.2. The minimum atomic E-state index is -0.0530. The lowest BCUT2D eigenvalue weighted by Crippen LogP contribution is -2.28. The number of pyridine rings is 1. The van der Waals surface area contributed by atoms with E-state index >= 15 is 0 Å². The van der Waals surface area contributed by atoms with Gasteiger partial charge in [-0.05, 0) is 24.3 Å². The molecule has 0 saturated carbocycles. The molecule has 0 bridgehead atoms. The number of hydrogen-bond donors (Lipinski definition) is 0. The van der Waals surface area contributed by atoms with Crippen molar-refractivity contribution in [3.05, 3.63) is 60.5 Å². The Morgan fingerprint density at radius 3 is 2.75 bits per heavy atom. The minimum absolute atomic E-state index is 0.0530. The summed E-state index contributed by atoms with van der Waals surface area (Å²) in [6, 6.07) is 15.1. The number of nitrogens with zero attached hydrogens (tertiary/aromatic N) is 2. The maximum Gasteiger partial charge on any atom is 0.235 e. The molecule has 100 valence electrons. The van der Waals surface area contributed by atoms with Gasteiger partial charge in [0.1, 0.15) is 17.2 Å². The Labute approximate surface area is 116 Å². The molecule has 0 radical (unpaired) electrons. The molecule has 0 saturated heterocycles. The molecule has 1 aromatic carbocycles. The first-order valence-electron chi connectivity index (χ1n) is 6.39. The van der Waals surface area contributed by atoms with E-state index in [-0.39, 0.29) is 12.3 Å². The van der Waals surface area contributed by atoms with Crippen LogP contribution in [0.5, 0.6) is 0 Å². The number of anilines is 1. The molecule has 2 aromatic heterocycles. The van der Waals surface area contributed by atoms with Crippen LogP contribution < -0.4 is 4.90 Å². The van der Waals surface area contributed by atoms with Crippen LogP contribution in [0.1, 0.15) is 5.76 Å². The fraction of sp³-hybridized carbons (Fsp3) is 0.125. The SMILES string of the molecule is CN(C(=O)Cc1cc2ccccc2o1)c1ccccn1. The van der Waals surface area contributed by atoms with Crippen molar-refractivity contribution < 1.29 is 9.21 Å². The van der Waals surface area contributed by atoms with Gasteiger partial charge in [0.05, 0.1) is 6.42 Å². The van der Waals surface area contributed by atoms with Gasteiger partial charge in [-0.15, -0.1) is 0 Å². The highest BCUT2D eigenvalue weighted by atomic mass is 16.3. The summed E-state index contributed by atoms with van der Waals surface area (Å²) in [5.41, 5.74) is 0.802. The highest BCUT2D eigenvalue weighted by Gasteiger charge is 2.14. The molecule has 0 aliphatic heterocycles. The molecule has 0 N–H and O–H groups in total. The van der Waals surface area contributed by atoms with Crippen molar-refractivity contribution in [3.63, 3.8) is 0 Å². The van der Waals surface area contributed by atoms with Gasteiger partial charge in [0.25, 0.3) is 0 Å². The second-order valence-electron chi connectivity index (χ2n) is 4.57. The topological polar surface area (TPSA) is 46.3 Å². The quantitative estimate of drug-likeness (QED) is 0.732. The number of benzene rings is 1. The van der Waals surface area contributed by atoms with Crippen LogP contribution in [-0.4, -0.2) is 17.9 Å². The summed E-state index contributed by atoms with van der Waals surface area (Å²) in [5.74, 6) is 1.25. The van der Waals surface area contributed by atoms with Crippen LogP contribution in [0.3, 0.4) is 0 Å². The van der Waals surface area contributed by atoms with Crippen LogP contribution in [0.4, 0.5) is 5.82 Å². The van der Waals surface area contributed by atoms with Gasteiger partial charge in [-0.3, -0.25) is 9.69 Å². The molecule has 0 atom stereocenters. The zero-order valence-electron chi connectivity index (χ0n) is 11.1. The van der Waals surface area contributed by atoms with Gasteiger partial charge in [0.2, 0.25) is 5.91 Å². The predicted molar refractivity (Wildman–Crippen MR) is 77.6 cm³/mol. The molecule has 0 fully saturated rings. The largest absolute Gasteiger partial charge is 0.461 e. The molecular formula is C16H14N2O2. The van der Waals surface area contributed by atoms with Gasteiger partial charge in [-0.25, -0.2) is 4.98 Å². The minimum Gasteiger partial charge on any atom is -0.461 e. The van der Waals surface area contributed by atoms with Gasteiger partial charge in [-0.1, -0.05) is 24.3 Å². The van der Waals surface area contributed by atoms with E-state index in [0.29, 0.717) is 11.6 Å². The highest BCUT2D eigenvalue weighted by molar-refractivity contribution is 5.93. The van der Waals surface area contributed by atoms with Crippen molar-refractivity contribution >= 4 is 22.7 Å². The third kappa shape index (κ3) is 2.40. The molecule has 0 unspecified atom stereocenters. The molecule has 1 amide bonds. The first kappa shape index (κ1) is 12.4. The van der Waals surface area contributed by atoms with Crippen molar-refractivity contribution in [2.75, 3.05) is 11.9 Å². The van der Waals surface area contributed by atoms with Crippen molar-refractivity contribution in [3.8, 4) is 0 Å². The fourth-order valence-electron chi connectivity index (χ4n) is 2.07. The summed E-state index contributed by atoms with van der Waals surface area (Å²) in [6.07, 6.45) is 1.89. The van der Waals surface area contributed by atoms with Crippen molar-refractivity contribution in [2.45, 2.75) is 6.42 Å². The van der Waals surface area contributed by atoms with Gasteiger partial charge < -0.3 is 4.42 Å². The lowest BCUT2D eigenvalue weighted by Gasteiger charge is -2.14. The molecule has 0 aliphatic rings. The molecule has 4 nitrogen and oxygen atoms in total. The Morgan fingerprint density at radius 2 is 2.00 bits per heavy atom. The van der Waals surface area contributed by atoms with E-state index in [9.17, 15) is 4.79 Å². The van der Waals surface area contributed by atoms with Crippen LogP contribution in [0.2, 0.25) is 0 Å². The number of carbonyl (C=O) groups excluding carboxylic acids is 1. The molecular weight excluding hydrogens is 252 g/mol. The van der Waals surface area contributed by atoms with Crippen molar-refractivity contribution in [2.24, 2.45) is 0 Å². The molecule has 4 heteroatoms.